The Labute approximate surface area is 163 Å². The molecule has 0 saturated heterocycles. The summed E-state index contributed by atoms with van der Waals surface area (Å²) in [4.78, 5) is 23.9. The van der Waals surface area contributed by atoms with Crippen molar-refractivity contribution in [2.24, 2.45) is 0 Å². The average molecular weight is 390 g/mol. The first-order valence-corrected chi connectivity index (χ1v) is 9.16. The number of ketones is 1. The van der Waals surface area contributed by atoms with Crippen LogP contribution in [0.1, 0.15) is 23.2 Å². The molecule has 0 bridgehead atoms. The number of esters is 1. The minimum Gasteiger partial charge on any atom is -0.464 e. The minimum atomic E-state index is -0.438. The lowest BCUT2D eigenvalue weighted by Gasteiger charge is -2.10. The fourth-order valence-corrected chi connectivity index (χ4v) is 2.58. The van der Waals surface area contributed by atoms with Crippen molar-refractivity contribution in [3.63, 3.8) is 0 Å². The van der Waals surface area contributed by atoms with Crippen molar-refractivity contribution in [3.8, 4) is 11.1 Å². The number of benzene rings is 2. The summed E-state index contributed by atoms with van der Waals surface area (Å²) in [6.45, 7) is 0.502. The van der Waals surface area contributed by atoms with E-state index in [-0.39, 0.29) is 30.6 Å². The summed E-state index contributed by atoms with van der Waals surface area (Å²) in [5.41, 5.74) is 4.07. The molecule has 0 saturated carbocycles. The summed E-state index contributed by atoms with van der Waals surface area (Å²) in [7, 11) is 0. The van der Waals surface area contributed by atoms with Gasteiger partial charge in [0.2, 0.25) is 0 Å². The highest BCUT2D eigenvalue weighted by molar-refractivity contribution is 7.78. The lowest BCUT2D eigenvalue weighted by atomic mass is 10.0. The van der Waals surface area contributed by atoms with Crippen LogP contribution in [0.15, 0.2) is 54.6 Å². The highest BCUT2D eigenvalue weighted by Crippen LogP contribution is 2.20. The zero-order valence-electron chi connectivity index (χ0n) is 14.2. The van der Waals surface area contributed by atoms with Gasteiger partial charge in [0.05, 0.1) is 17.3 Å². The Morgan fingerprint density at radius 2 is 1.69 bits per heavy atom. The lowest BCUT2D eigenvalue weighted by Crippen LogP contribution is -2.26. The van der Waals surface area contributed by atoms with Crippen molar-refractivity contribution in [2.45, 2.75) is 18.2 Å². The summed E-state index contributed by atoms with van der Waals surface area (Å²) < 4.78 is 5.05. The van der Waals surface area contributed by atoms with Gasteiger partial charge in [0.25, 0.3) is 0 Å². The number of rotatable bonds is 10. The van der Waals surface area contributed by atoms with Crippen LogP contribution in [0.25, 0.3) is 11.1 Å². The summed E-state index contributed by atoms with van der Waals surface area (Å²) in [6, 6.07) is 17.3. The molecule has 0 aliphatic rings. The Bertz CT molecular complexity index is 734. The van der Waals surface area contributed by atoms with Gasteiger partial charge in [-0.25, -0.2) is 0 Å². The van der Waals surface area contributed by atoms with Gasteiger partial charge in [0.15, 0.2) is 5.78 Å². The van der Waals surface area contributed by atoms with E-state index >= 15 is 0 Å². The van der Waals surface area contributed by atoms with E-state index in [1.807, 2.05) is 42.5 Å². The molecule has 1 atom stereocenters. The van der Waals surface area contributed by atoms with Gasteiger partial charge in [-0.2, -0.15) is 0 Å². The molecule has 0 heterocycles. The summed E-state index contributed by atoms with van der Waals surface area (Å²) in [5, 5.41) is 2.41. The zero-order chi connectivity index (χ0) is 18.8. The van der Waals surface area contributed by atoms with E-state index in [9.17, 15) is 9.59 Å². The molecule has 0 aliphatic carbocycles. The van der Waals surface area contributed by atoms with Crippen LogP contribution in [0, 0.1) is 0 Å². The third kappa shape index (κ3) is 6.58. The van der Waals surface area contributed by atoms with Gasteiger partial charge >= 0.3 is 5.97 Å². The van der Waals surface area contributed by atoms with E-state index in [1.165, 1.54) is 5.49 Å². The second-order valence-electron chi connectivity index (χ2n) is 5.67. The fraction of sp³-hybridized carbons (Fsp3) is 0.250. The van der Waals surface area contributed by atoms with Crippen molar-refractivity contribution in [1.29, 1.82) is 0 Å². The smallest absolute Gasteiger partial charge is 0.306 e. The maximum absolute atomic E-state index is 12.2. The zero-order valence-corrected chi connectivity index (χ0v) is 15.8. The third-order valence-corrected chi connectivity index (χ3v) is 4.16. The van der Waals surface area contributed by atoms with Crippen LogP contribution in [-0.2, 0) is 9.53 Å². The molecule has 0 radical (unpaired) electrons. The van der Waals surface area contributed by atoms with Crippen LogP contribution in [0.3, 0.4) is 0 Å². The molecule has 0 amide bonds. The molecule has 2 rings (SSSR count). The van der Waals surface area contributed by atoms with Crippen molar-refractivity contribution < 1.29 is 14.3 Å². The van der Waals surface area contributed by atoms with Gasteiger partial charge in [-0.3, -0.25) is 9.59 Å². The molecule has 136 valence electrons. The maximum atomic E-state index is 12.2. The highest BCUT2D eigenvalue weighted by Gasteiger charge is 2.12. The lowest BCUT2D eigenvalue weighted by molar-refractivity contribution is -0.143. The fourth-order valence-electron chi connectivity index (χ4n) is 2.33. The molecule has 0 fully saturated rings. The normalized spacial score (nSPS) is 11.4. The number of carbonyl (C=O) groups excluding carboxylic acids is 2. The number of hydrogen-bond acceptors (Lipinski definition) is 4. The van der Waals surface area contributed by atoms with Crippen LogP contribution in [0.5, 0.6) is 0 Å². The van der Waals surface area contributed by atoms with Crippen molar-refractivity contribution in [2.75, 3.05) is 13.2 Å². The highest BCUT2D eigenvalue weighted by atomic mass is 35.5. The second-order valence-corrected chi connectivity index (χ2v) is 6.53. The molecular weight excluding hydrogens is 370 g/mol. The predicted octanol–water partition coefficient (Wildman–Crippen LogP) is 4.01. The number of nitrogens with one attached hydrogen (secondary N) is 1. The Morgan fingerprint density at radius 3 is 2.35 bits per heavy atom. The van der Waals surface area contributed by atoms with E-state index in [0.29, 0.717) is 12.1 Å². The Hall–Kier alpha value is -2.24. The molecule has 0 spiro atoms. The molecule has 2 aromatic rings. The monoisotopic (exact) mass is 389 g/mol. The number of hydrogen-bond donors (Lipinski definition) is 1. The molecule has 2 aromatic carbocycles. The summed E-state index contributed by atoms with van der Waals surface area (Å²) >= 11 is 10.6. The summed E-state index contributed by atoms with van der Waals surface area (Å²) in [6.07, 6.45) is 0.137. The number of Topliss-reactive ketones (excluding diaryl/α,β-unsaturated/α-hetero) is 1. The SMILES string of the molecule is O=C(CCC(=O)c1ccc(-c2ccccc2)cc1)OCC(Cl)CNC=S. The van der Waals surface area contributed by atoms with Crippen LogP contribution in [-0.4, -0.2) is 35.8 Å². The molecular formula is C20H20ClNO3S. The van der Waals surface area contributed by atoms with E-state index in [1.54, 1.807) is 12.1 Å². The van der Waals surface area contributed by atoms with Gasteiger partial charge < -0.3 is 10.1 Å². The molecule has 0 aromatic heterocycles. The number of halogens is 1. The number of ether oxygens (including phenoxy) is 1. The molecule has 1 unspecified atom stereocenters. The van der Waals surface area contributed by atoms with Gasteiger partial charge in [-0.05, 0) is 11.1 Å². The minimum absolute atomic E-state index is 0.0312. The van der Waals surface area contributed by atoms with E-state index in [0.717, 1.165) is 11.1 Å². The first kappa shape index (κ1) is 20.1. The Balaban J connectivity index is 1.79. The average Bonchev–Trinajstić information content (AvgIpc) is 2.69. The molecule has 26 heavy (non-hydrogen) atoms. The number of alkyl halides is 1. The second kappa shape index (κ2) is 10.7. The quantitative estimate of drug-likeness (QED) is 0.288. The van der Waals surface area contributed by atoms with Gasteiger partial charge in [-0.1, -0.05) is 66.8 Å². The Kier molecular flexibility index (Phi) is 8.25. The largest absolute Gasteiger partial charge is 0.464 e. The third-order valence-electron chi connectivity index (χ3n) is 3.72. The van der Waals surface area contributed by atoms with Crippen LogP contribution >= 0.6 is 23.8 Å². The topological polar surface area (TPSA) is 55.4 Å². The molecule has 4 nitrogen and oxygen atoms in total. The Morgan fingerprint density at radius 1 is 1.04 bits per heavy atom. The van der Waals surface area contributed by atoms with E-state index in [4.69, 9.17) is 16.3 Å². The van der Waals surface area contributed by atoms with Crippen LogP contribution in [0.4, 0.5) is 0 Å². The standard InChI is InChI=1S/C20H20ClNO3S/c21-18(12-22-14-26)13-25-20(24)11-10-19(23)17-8-6-16(7-9-17)15-4-2-1-3-5-15/h1-9,14,18H,10-13H2,(H,22,26). The maximum Gasteiger partial charge on any atom is 0.306 e. The van der Waals surface area contributed by atoms with Crippen molar-refractivity contribution in [1.82, 2.24) is 5.32 Å². The molecule has 6 heteroatoms. The van der Waals surface area contributed by atoms with Crippen molar-refractivity contribution >= 4 is 41.1 Å². The summed E-state index contributed by atoms with van der Waals surface area (Å²) in [5.74, 6) is -0.529. The predicted molar refractivity (Wildman–Crippen MR) is 108 cm³/mol. The van der Waals surface area contributed by atoms with Gasteiger partial charge in [-0.15, -0.1) is 11.6 Å². The van der Waals surface area contributed by atoms with Gasteiger partial charge in [0.1, 0.15) is 6.61 Å². The van der Waals surface area contributed by atoms with Crippen LogP contribution in [0.2, 0.25) is 0 Å². The van der Waals surface area contributed by atoms with E-state index < -0.39 is 5.97 Å². The van der Waals surface area contributed by atoms with Crippen molar-refractivity contribution in [3.05, 3.63) is 60.2 Å². The van der Waals surface area contributed by atoms with E-state index in [2.05, 4.69) is 17.5 Å². The van der Waals surface area contributed by atoms with Gasteiger partial charge in [0, 0.05) is 18.5 Å². The molecule has 0 aliphatic heterocycles. The molecule has 1 N–H and O–H groups in total. The first-order valence-electron chi connectivity index (χ1n) is 8.25. The van der Waals surface area contributed by atoms with Crippen LogP contribution < -0.4 is 5.32 Å². The number of carbonyl (C=O) groups is 2. The number of thiocarbonyl (C=S) groups is 1. The first-order chi connectivity index (χ1) is 12.6.